The number of halogens is 1. The Balaban J connectivity index is 2.24. The van der Waals surface area contributed by atoms with Gasteiger partial charge < -0.3 is 9.73 Å². The Morgan fingerprint density at radius 3 is 2.78 bits per heavy atom. The summed E-state index contributed by atoms with van der Waals surface area (Å²) in [5, 5.41) is 4.10. The van der Waals surface area contributed by atoms with E-state index in [-0.39, 0.29) is 0 Å². The summed E-state index contributed by atoms with van der Waals surface area (Å²) >= 11 is 7.77. The number of furan rings is 1. The molecule has 2 rings (SSSR count). The fourth-order valence-electron chi connectivity index (χ4n) is 1.63. The summed E-state index contributed by atoms with van der Waals surface area (Å²) in [7, 11) is 0. The van der Waals surface area contributed by atoms with Crippen molar-refractivity contribution in [1.82, 2.24) is 5.32 Å². The highest BCUT2D eigenvalue weighted by Crippen LogP contribution is 2.34. The molecule has 0 bridgehead atoms. The summed E-state index contributed by atoms with van der Waals surface area (Å²) in [5.41, 5.74) is 1.26. The van der Waals surface area contributed by atoms with Crippen LogP contribution in [0.1, 0.15) is 18.2 Å². The van der Waals surface area contributed by atoms with Crippen LogP contribution in [-0.4, -0.2) is 6.54 Å². The summed E-state index contributed by atoms with van der Waals surface area (Å²) in [4.78, 5) is 2.31. The third-order valence-corrected chi connectivity index (χ3v) is 4.10. The predicted octanol–water partition coefficient (Wildman–Crippen LogP) is 4.50. The van der Waals surface area contributed by atoms with Gasteiger partial charge in [0.25, 0.3) is 0 Å². The van der Waals surface area contributed by atoms with E-state index in [1.54, 1.807) is 18.0 Å². The van der Waals surface area contributed by atoms with Crippen LogP contribution in [0, 0.1) is 6.92 Å². The molecule has 0 fully saturated rings. The first kappa shape index (κ1) is 13.5. The average molecular weight is 282 g/mol. The molecule has 4 heteroatoms. The second-order valence-electron chi connectivity index (χ2n) is 3.98. The Kier molecular flexibility index (Phi) is 4.75. The van der Waals surface area contributed by atoms with E-state index in [4.69, 9.17) is 16.0 Å². The minimum Gasteiger partial charge on any atom is -0.468 e. The van der Waals surface area contributed by atoms with E-state index in [0.717, 1.165) is 28.8 Å². The molecule has 2 aromatic rings. The zero-order chi connectivity index (χ0) is 13.0. The lowest BCUT2D eigenvalue weighted by Gasteiger charge is -2.09. The lowest BCUT2D eigenvalue weighted by Crippen LogP contribution is -2.12. The first-order valence-electron chi connectivity index (χ1n) is 5.91. The van der Waals surface area contributed by atoms with Crippen molar-refractivity contribution in [2.24, 2.45) is 0 Å². The molecule has 0 aliphatic carbocycles. The standard InChI is InChI=1S/C14H16ClNOS/c1-3-16-9-11-4-5-12(15)8-14(11)18-13-6-7-17-10(13)2/h4-8,16H,3,9H2,1-2H3. The highest BCUT2D eigenvalue weighted by atomic mass is 35.5. The maximum Gasteiger partial charge on any atom is 0.114 e. The first-order valence-corrected chi connectivity index (χ1v) is 7.11. The molecule has 0 amide bonds. The normalized spacial score (nSPS) is 10.8. The summed E-state index contributed by atoms with van der Waals surface area (Å²) in [6.45, 7) is 5.88. The molecule has 0 atom stereocenters. The van der Waals surface area contributed by atoms with E-state index in [0.29, 0.717) is 0 Å². The first-order chi connectivity index (χ1) is 8.70. The van der Waals surface area contributed by atoms with E-state index in [1.807, 2.05) is 25.1 Å². The van der Waals surface area contributed by atoms with Crippen LogP contribution in [0.2, 0.25) is 5.02 Å². The van der Waals surface area contributed by atoms with Crippen LogP contribution in [-0.2, 0) is 6.54 Å². The molecular weight excluding hydrogens is 266 g/mol. The van der Waals surface area contributed by atoms with Gasteiger partial charge in [0.05, 0.1) is 11.2 Å². The van der Waals surface area contributed by atoms with Crippen molar-refractivity contribution in [1.29, 1.82) is 0 Å². The Morgan fingerprint density at radius 2 is 2.11 bits per heavy atom. The van der Waals surface area contributed by atoms with E-state index < -0.39 is 0 Å². The summed E-state index contributed by atoms with van der Waals surface area (Å²) in [6.07, 6.45) is 1.71. The fraction of sp³-hybridized carbons (Fsp3) is 0.286. The van der Waals surface area contributed by atoms with Crippen LogP contribution >= 0.6 is 23.4 Å². The number of hydrogen-bond donors (Lipinski definition) is 1. The third kappa shape index (κ3) is 3.31. The van der Waals surface area contributed by atoms with Crippen molar-refractivity contribution in [2.45, 2.75) is 30.2 Å². The van der Waals surface area contributed by atoms with Crippen molar-refractivity contribution in [3.63, 3.8) is 0 Å². The van der Waals surface area contributed by atoms with Gasteiger partial charge in [-0.3, -0.25) is 0 Å². The van der Waals surface area contributed by atoms with Gasteiger partial charge in [0.1, 0.15) is 5.76 Å². The molecule has 0 spiro atoms. The van der Waals surface area contributed by atoms with Gasteiger partial charge in [-0.2, -0.15) is 0 Å². The molecular formula is C14H16ClNOS. The molecule has 0 aliphatic rings. The van der Waals surface area contributed by atoms with Crippen LogP contribution in [0.4, 0.5) is 0 Å². The number of aryl methyl sites for hydroxylation is 1. The van der Waals surface area contributed by atoms with Crippen molar-refractivity contribution in [3.05, 3.63) is 46.9 Å². The van der Waals surface area contributed by atoms with E-state index in [2.05, 4.69) is 18.3 Å². The van der Waals surface area contributed by atoms with Crippen molar-refractivity contribution in [2.75, 3.05) is 6.54 Å². The topological polar surface area (TPSA) is 25.2 Å². The minimum absolute atomic E-state index is 0.763. The average Bonchev–Trinajstić information content (AvgIpc) is 2.74. The second kappa shape index (κ2) is 6.32. The van der Waals surface area contributed by atoms with Crippen LogP contribution in [0.25, 0.3) is 0 Å². The van der Waals surface area contributed by atoms with Gasteiger partial charge in [-0.25, -0.2) is 0 Å². The molecule has 0 aliphatic heterocycles. The largest absolute Gasteiger partial charge is 0.468 e. The quantitative estimate of drug-likeness (QED) is 0.873. The molecule has 0 saturated heterocycles. The monoisotopic (exact) mass is 281 g/mol. The maximum absolute atomic E-state index is 6.07. The molecule has 1 heterocycles. The van der Waals surface area contributed by atoms with Crippen LogP contribution < -0.4 is 5.32 Å². The number of nitrogens with one attached hydrogen (secondary N) is 1. The summed E-state index contributed by atoms with van der Waals surface area (Å²) in [5.74, 6) is 0.939. The van der Waals surface area contributed by atoms with Gasteiger partial charge in [-0.1, -0.05) is 36.4 Å². The number of rotatable bonds is 5. The zero-order valence-corrected chi connectivity index (χ0v) is 12.1. The lowest BCUT2D eigenvalue weighted by molar-refractivity contribution is 0.527. The lowest BCUT2D eigenvalue weighted by atomic mass is 10.2. The zero-order valence-electron chi connectivity index (χ0n) is 10.5. The predicted molar refractivity (Wildman–Crippen MR) is 76.4 cm³/mol. The Morgan fingerprint density at radius 1 is 1.28 bits per heavy atom. The molecule has 96 valence electrons. The van der Waals surface area contributed by atoms with Crippen molar-refractivity contribution in [3.8, 4) is 0 Å². The smallest absolute Gasteiger partial charge is 0.114 e. The second-order valence-corrected chi connectivity index (χ2v) is 5.50. The molecule has 0 saturated carbocycles. The number of hydrogen-bond acceptors (Lipinski definition) is 3. The van der Waals surface area contributed by atoms with E-state index in [1.165, 1.54) is 10.5 Å². The molecule has 1 N–H and O–H groups in total. The Bertz CT molecular complexity index is 524. The van der Waals surface area contributed by atoms with Gasteiger partial charge in [0.15, 0.2) is 0 Å². The SMILES string of the molecule is CCNCc1ccc(Cl)cc1Sc1ccoc1C. The van der Waals surface area contributed by atoms with Crippen LogP contribution in [0.15, 0.2) is 44.7 Å². The van der Waals surface area contributed by atoms with Gasteiger partial charge in [-0.05, 0) is 37.2 Å². The molecule has 0 radical (unpaired) electrons. The fourth-order valence-corrected chi connectivity index (χ4v) is 2.87. The van der Waals surface area contributed by atoms with E-state index in [9.17, 15) is 0 Å². The van der Waals surface area contributed by atoms with Gasteiger partial charge in [-0.15, -0.1) is 0 Å². The maximum atomic E-state index is 6.07. The van der Waals surface area contributed by atoms with Crippen LogP contribution in [0.5, 0.6) is 0 Å². The molecule has 0 unspecified atom stereocenters. The van der Waals surface area contributed by atoms with E-state index >= 15 is 0 Å². The molecule has 18 heavy (non-hydrogen) atoms. The highest BCUT2D eigenvalue weighted by Gasteiger charge is 2.08. The van der Waals surface area contributed by atoms with Crippen molar-refractivity contribution >= 4 is 23.4 Å². The van der Waals surface area contributed by atoms with Gasteiger partial charge in [0, 0.05) is 16.5 Å². The third-order valence-electron chi connectivity index (χ3n) is 2.63. The molecule has 2 nitrogen and oxygen atoms in total. The van der Waals surface area contributed by atoms with Crippen molar-refractivity contribution < 1.29 is 4.42 Å². The summed E-state index contributed by atoms with van der Waals surface area (Å²) < 4.78 is 5.32. The van der Waals surface area contributed by atoms with Gasteiger partial charge >= 0.3 is 0 Å². The summed E-state index contributed by atoms with van der Waals surface area (Å²) in [6, 6.07) is 7.99. The Hall–Kier alpha value is -0.900. The highest BCUT2D eigenvalue weighted by molar-refractivity contribution is 7.99. The minimum atomic E-state index is 0.763. The van der Waals surface area contributed by atoms with Gasteiger partial charge in [0.2, 0.25) is 0 Å². The molecule has 1 aromatic heterocycles. The number of benzene rings is 1. The Labute approximate surface area is 117 Å². The van der Waals surface area contributed by atoms with Crippen LogP contribution in [0.3, 0.4) is 0 Å². The molecule has 1 aromatic carbocycles.